The highest BCUT2D eigenvalue weighted by Gasteiger charge is 2.18. The van der Waals surface area contributed by atoms with Crippen LogP contribution in [0.4, 0.5) is 15.9 Å². The minimum absolute atomic E-state index is 0.207. The summed E-state index contributed by atoms with van der Waals surface area (Å²) in [5.74, 6) is 0.275. The molecule has 6 nitrogen and oxygen atoms in total. The molecule has 0 aliphatic heterocycles. The van der Waals surface area contributed by atoms with Gasteiger partial charge < -0.3 is 9.84 Å². The van der Waals surface area contributed by atoms with E-state index in [2.05, 4.69) is 41.4 Å². The highest BCUT2D eigenvalue weighted by Crippen LogP contribution is 2.31. The van der Waals surface area contributed by atoms with Gasteiger partial charge in [-0.2, -0.15) is 4.98 Å². The molecular formula is C17H11BrFN5O. The van der Waals surface area contributed by atoms with Crippen LogP contribution >= 0.6 is 15.9 Å². The number of nitrogens with one attached hydrogen (secondary N) is 1. The zero-order chi connectivity index (χ0) is 17.4. The van der Waals surface area contributed by atoms with Crippen molar-refractivity contribution in [2.24, 2.45) is 0 Å². The maximum Gasteiger partial charge on any atom is 0.263 e. The van der Waals surface area contributed by atoms with Crippen LogP contribution in [-0.2, 0) is 0 Å². The standard InChI is InChI=1S/C17H11BrFN5O/c1-9-14-16(21-11-4-6-20-7-5-11)22-15(23-17(14)25-24-9)12-8-10(18)2-3-13(12)19/h2-8H,1H3,(H,20,21,22,23). The van der Waals surface area contributed by atoms with Crippen LogP contribution < -0.4 is 5.32 Å². The van der Waals surface area contributed by atoms with E-state index in [1.54, 1.807) is 43.6 Å². The van der Waals surface area contributed by atoms with Crippen LogP contribution in [-0.4, -0.2) is 20.1 Å². The molecule has 0 aliphatic carbocycles. The fourth-order valence-corrected chi connectivity index (χ4v) is 2.80. The van der Waals surface area contributed by atoms with Gasteiger partial charge in [0.05, 0.1) is 11.3 Å². The van der Waals surface area contributed by atoms with Crippen LogP contribution in [0.1, 0.15) is 5.69 Å². The number of rotatable bonds is 3. The first-order chi connectivity index (χ1) is 12.1. The van der Waals surface area contributed by atoms with E-state index in [-0.39, 0.29) is 11.4 Å². The van der Waals surface area contributed by atoms with Crippen molar-refractivity contribution in [2.75, 3.05) is 5.32 Å². The first kappa shape index (κ1) is 15.6. The number of halogens is 2. The van der Waals surface area contributed by atoms with Crippen molar-refractivity contribution in [2.45, 2.75) is 6.92 Å². The van der Waals surface area contributed by atoms with E-state index in [9.17, 15) is 4.39 Å². The molecule has 0 saturated carbocycles. The van der Waals surface area contributed by atoms with Gasteiger partial charge in [0.15, 0.2) is 5.82 Å². The molecular weight excluding hydrogens is 389 g/mol. The molecule has 0 spiro atoms. The number of pyridine rings is 1. The molecule has 1 N–H and O–H groups in total. The summed E-state index contributed by atoms with van der Waals surface area (Å²) in [6.07, 6.45) is 3.33. The molecule has 25 heavy (non-hydrogen) atoms. The average molecular weight is 400 g/mol. The van der Waals surface area contributed by atoms with Crippen LogP contribution in [0, 0.1) is 12.7 Å². The zero-order valence-electron chi connectivity index (χ0n) is 13.0. The normalized spacial score (nSPS) is 11.0. The summed E-state index contributed by atoms with van der Waals surface area (Å²) in [6, 6.07) is 8.20. The molecule has 0 amide bonds. The van der Waals surface area contributed by atoms with Gasteiger partial charge in [-0.3, -0.25) is 4.98 Å². The molecule has 3 aromatic heterocycles. The van der Waals surface area contributed by atoms with Crippen molar-refractivity contribution >= 4 is 38.5 Å². The lowest BCUT2D eigenvalue weighted by Gasteiger charge is -2.09. The van der Waals surface area contributed by atoms with Gasteiger partial charge in [0, 0.05) is 22.6 Å². The molecule has 3 heterocycles. The SMILES string of the molecule is Cc1noc2nc(-c3cc(Br)ccc3F)nc(Nc3ccncc3)c12. The van der Waals surface area contributed by atoms with Crippen LogP contribution in [0.15, 0.2) is 51.7 Å². The van der Waals surface area contributed by atoms with E-state index in [4.69, 9.17) is 4.52 Å². The minimum atomic E-state index is -0.423. The predicted molar refractivity (Wildman–Crippen MR) is 94.9 cm³/mol. The molecule has 0 unspecified atom stereocenters. The Morgan fingerprint density at radius 3 is 2.72 bits per heavy atom. The van der Waals surface area contributed by atoms with Crippen LogP contribution in [0.3, 0.4) is 0 Å². The van der Waals surface area contributed by atoms with Gasteiger partial charge in [0.25, 0.3) is 5.71 Å². The number of benzene rings is 1. The Hall–Kier alpha value is -2.87. The van der Waals surface area contributed by atoms with Crippen LogP contribution in [0.5, 0.6) is 0 Å². The van der Waals surface area contributed by atoms with Crippen molar-refractivity contribution in [1.82, 2.24) is 20.1 Å². The number of aromatic nitrogens is 4. The molecule has 4 aromatic rings. The predicted octanol–water partition coefficient (Wildman–Crippen LogP) is 4.63. The van der Waals surface area contributed by atoms with Gasteiger partial charge in [-0.25, -0.2) is 9.37 Å². The summed E-state index contributed by atoms with van der Waals surface area (Å²) in [4.78, 5) is 12.8. The lowest BCUT2D eigenvalue weighted by atomic mass is 10.2. The molecule has 1 aromatic carbocycles. The maximum absolute atomic E-state index is 14.2. The van der Waals surface area contributed by atoms with Crippen molar-refractivity contribution in [3.8, 4) is 11.4 Å². The first-order valence-corrected chi connectivity index (χ1v) is 8.17. The number of nitrogens with zero attached hydrogens (tertiary/aromatic N) is 4. The summed E-state index contributed by atoms with van der Waals surface area (Å²) >= 11 is 3.34. The van der Waals surface area contributed by atoms with Crippen molar-refractivity contribution in [1.29, 1.82) is 0 Å². The van der Waals surface area contributed by atoms with E-state index in [1.165, 1.54) is 6.07 Å². The zero-order valence-corrected chi connectivity index (χ0v) is 14.6. The van der Waals surface area contributed by atoms with Crippen LogP contribution in [0.2, 0.25) is 0 Å². The fraction of sp³-hybridized carbons (Fsp3) is 0.0588. The molecule has 8 heteroatoms. The molecule has 124 valence electrons. The quantitative estimate of drug-likeness (QED) is 0.540. The van der Waals surface area contributed by atoms with E-state index in [0.29, 0.717) is 22.6 Å². The second kappa shape index (κ2) is 6.21. The number of fused-ring (bicyclic) bond motifs is 1. The van der Waals surface area contributed by atoms with E-state index < -0.39 is 5.82 Å². The Balaban J connectivity index is 1.91. The third-order valence-corrected chi connectivity index (χ3v) is 4.11. The second-order valence-electron chi connectivity index (χ2n) is 5.33. The molecule has 0 radical (unpaired) electrons. The van der Waals surface area contributed by atoms with Crippen molar-refractivity contribution in [3.05, 3.63) is 58.7 Å². The Labute approximate surface area is 150 Å². The second-order valence-corrected chi connectivity index (χ2v) is 6.24. The Kier molecular flexibility index (Phi) is 3.89. The summed E-state index contributed by atoms with van der Waals surface area (Å²) in [6.45, 7) is 1.80. The molecule has 0 aliphatic rings. The van der Waals surface area contributed by atoms with E-state index in [0.717, 1.165) is 10.2 Å². The third-order valence-electron chi connectivity index (χ3n) is 3.62. The van der Waals surface area contributed by atoms with E-state index in [1.807, 2.05) is 0 Å². The van der Waals surface area contributed by atoms with Gasteiger partial charge in [0.1, 0.15) is 17.0 Å². The lowest BCUT2D eigenvalue weighted by Crippen LogP contribution is -2.00. The van der Waals surface area contributed by atoms with Gasteiger partial charge in [-0.05, 0) is 37.3 Å². The van der Waals surface area contributed by atoms with Crippen molar-refractivity contribution < 1.29 is 8.91 Å². The third kappa shape index (κ3) is 2.96. The van der Waals surface area contributed by atoms with Crippen molar-refractivity contribution in [3.63, 3.8) is 0 Å². The molecule has 0 saturated heterocycles. The molecule has 4 rings (SSSR count). The van der Waals surface area contributed by atoms with Crippen LogP contribution in [0.25, 0.3) is 22.5 Å². The van der Waals surface area contributed by atoms with Gasteiger partial charge in [-0.1, -0.05) is 21.1 Å². The number of aryl methyl sites for hydroxylation is 1. The summed E-state index contributed by atoms with van der Waals surface area (Å²) in [5, 5.41) is 7.78. The average Bonchev–Trinajstić information content (AvgIpc) is 2.99. The monoisotopic (exact) mass is 399 g/mol. The fourth-order valence-electron chi connectivity index (χ4n) is 2.44. The minimum Gasteiger partial charge on any atom is -0.339 e. The topological polar surface area (TPSA) is 76.7 Å². The Morgan fingerprint density at radius 1 is 1.12 bits per heavy atom. The Morgan fingerprint density at radius 2 is 1.92 bits per heavy atom. The van der Waals surface area contributed by atoms with E-state index >= 15 is 0 Å². The van der Waals surface area contributed by atoms with Gasteiger partial charge >= 0.3 is 0 Å². The summed E-state index contributed by atoms with van der Waals surface area (Å²) in [7, 11) is 0. The maximum atomic E-state index is 14.2. The first-order valence-electron chi connectivity index (χ1n) is 7.38. The highest BCUT2D eigenvalue weighted by atomic mass is 79.9. The summed E-state index contributed by atoms with van der Waals surface area (Å²) < 4.78 is 20.2. The molecule has 0 fully saturated rings. The smallest absolute Gasteiger partial charge is 0.263 e. The number of hydrogen-bond donors (Lipinski definition) is 1. The largest absolute Gasteiger partial charge is 0.339 e. The van der Waals surface area contributed by atoms with Gasteiger partial charge in [-0.15, -0.1) is 0 Å². The number of hydrogen-bond acceptors (Lipinski definition) is 6. The number of anilines is 2. The van der Waals surface area contributed by atoms with Gasteiger partial charge in [0.2, 0.25) is 0 Å². The molecule has 0 bridgehead atoms. The highest BCUT2D eigenvalue weighted by molar-refractivity contribution is 9.10. The Bertz CT molecular complexity index is 1070. The lowest BCUT2D eigenvalue weighted by molar-refractivity contribution is 0.443. The molecule has 0 atom stereocenters. The summed E-state index contributed by atoms with van der Waals surface area (Å²) in [5.41, 5.74) is 1.99.